The van der Waals surface area contributed by atoms with Gasteiger partial charge in [0.2, 0.25) is 0 Å². The quantitative estimate of drug-likeness (QED) is 0.690. The number of pyridine rings is 1. The fourth-order valence-electron chi connectivity index (χ4n) is 3.85. The number of aromatic nitrogens is 1. The van der Waals surface area contributed by atoms with E-state index in [-0.39, 0.29) is 23.2 Å². The second-order valence-corrected chi connectivity index (χ2v) is 7.11. The van der Waals surface area contributed by atoms with Crippen molar-refractivity contribution in [3.63, 3.8) is 0 Å². The molecule has 144 valence electrons. The number of benzene rings is 2. The molecule has 2 N–H and O–H groups in total. The lowest BCUT2D eigenvalue weighted by Gasteiger charge is -2.25. The van der Waals surface area contributed by atoms with E-state index in [4.69, 9.17) is 4.74 Å². The standard InChI is InChI=1S/C22H20FNO4/c1-12-10-14(2-5-18(12)23)19-16-4-3-15(25)11-17(16)21(22(26)27)24-20(19)13-6-8-28-9-7-13/h2-5,10-11,13,25H,6-9H2,1H3,(H,26,27). The third-order valence-corrected chi connectivity index (χ3v) is 5.27. The van der Waals surface area contributed by atoms with E-state index in [1.807, 2.05) is 0 Å². The van der Waals surface area contributed by atoms with Gasteiger partial charge in [-0.3, -0.25) is 0 Å². The van der Waals surface area contributed by atoms with E-state index in [0.29, 0.717) is 35.2 Å². The van der Waals surface area contributed by atoms with Crippen molar-refractivity contribution in [2.75, 3.05) is 13.2 Å². The Hall–Kier alpha value is -2.99. The highest BCUT2D eigenvalue weighted by Crippen LogP contribution is 2.40. The molecule has 0 bridgehead atoms. The number of aromatic carboxylic acids is 1. The molecule has 0 unspecified atom stereocenters. The zero-order chi connectivity index (χ0) is 19.8. The molecule has 1 saturated heterocycles. The first kappa shape index (κ1) is 18.4. The highest BCUT2D eigenvalue weighted by atomic mass is 19.1. The van der Waals surface area contributed by atoms with Gasteiger partial charge in [-0.2, -0.15) is 0 Å². The van der Waals surface area contributed by atoms with Gasteiger partial charge in [0.25, 0.3) is 0 Å². The lowest BCUT2D eigenvalue weighted by Crippen LogP contribution is -2.18. The van der Waals surface area contributed by atoms with Gasteiger partial charge >= 0.3 is 5.97 Å². The largest absolute Gasteiger partial charge is 0.508 e. The van der Waals surface area contributed by atoms with Gasteiger partial charge < -0.3 is 14.9 Å². The number of halogens is 1. The summed E-state index contributed by atoms with van der Waals surface area (Å²) in [6.07, 6.45) is 1.48. The minimum absolute atomic E-state index is 0.0307. The van der Waals surface area contributed by atoms with Crippen LogP contribution in [0.1, 0.15) is 40.5 Å². The van der Waals surface area contributed by atoms with E-state index in [9.17, 15) is 19.4 Å². The van der Waals surface area contributed by atoms with Crippen LogP contribution in [0.4, 0.5) is 4.39 Å². The Labute approximate surface area is 161 Å². The molecule has 2 heterocycles. The SMILES string of the molecule is Cc1cc(-c2c(C3CCOCC3)nc(C(=O)O)c3cc(O)ccc23)ccc1F. The van der Waals surface area contributed by atoms with Gasteiger partial charge in [-0.25, -0.2) is 14.2 Å². The van der Waals surface area contributed by atoms with Crippen LogP contribution < -0.4 is 0 Å². The second kappa shape index (κ2) is 7.20. The Kier molecular flexibility index (Phi) is 4.73. The van der Waals surface area contributed by atoms with Crippen molar-refractivity contribution in [2.24, 2.45) is 0 Å². The molecule has 5 nitrogen and oxygen atoms in total. The van der Waals surface area contributed by atoms with E-state index in [1.165, 1.54) is 18.2 Å². The molecule has 1 aliphatic rings. The lowest BCUT2D eigenvalue weighted by atomic mass is 9.86. The summed E-state index contributed by atoms with van der Waals surface area (Å²) in [5, 5.41) is 20.7. The van der Waals surface area contributed by atoms with Crippen molar-refractivity contribution < 1.29 is 24.1 Å². The van der Waals surface area contributed by atoms with Gasteiger partial charge in [-0.05, 0) is 66.6 Å². The number of phenolic OH excluding ortho intramolecular Hbond substituents is 1. The molecule has 2 aromatic carbocycles. The molecule has 0 radical (unpaired) electrons. The molecule has 1 fully saturated rings. The van der Waals surface area contributed by atoms with Crippen LogP contribution in [0.3, 0.4) is 0 Å². The van der Waals surface area contributed by atoms with Gasteiger partial charge in [-0.15, -0.1) is 0 Å². The molecule has 28 heavy (non-hydrogen) atoms. The molecule has 6 heteroatoms. The summed E-state index contributed by atoms with van der Waals surface area (Å²) in [6.45, 7) is 2.87. The summed E-state index contributed by atoms with van der Waals surface area (Å²) >= 11 is 0. The van der Waals surface area contributed by atoms with Crippen molar-refractivity contribution in [3.05, 3.63) is 59.2 Å². The van der Waals surface area contributed by atoms with E-state index in [1.54, 1.807) is 25.1 Å². The summed E-state index contributed by atoms with van der Waals surface area (Å²) in [4.78, 5) is 16.4. The molecule has 0 spiro atoms. The molecule has 4 rings (SSSR count). The highest BCUT2D eigenvalue weighted by Gasteiger charge is 2.26. The number of carbonyl (C=O) groups is 1. The van der Waals surface area contributed by atoms with Gasteiger partial charge in [0, 0.05) is 30.1 Å². The second-order valence-electron chi connectivity index (χ2n) is 7.11. The molecule has 0 atom stereocenters. The summed E-state index contributed by atoms with van der Waals surface area (Å²) in [5.41, 5.74) is 2.67. The summed E-state index contributed by atoms with van der Waals surface area (Å²) in [6, 6.07) is 9.50. The number of hydrogen-bond acceptors (Lipinski definition) is 4. The Morgan fingerprint density at radius 1 is 1.14 bits per heavy atom. The topological polar surface area (TPSA) is 79.7 Å². The van der Waals surface area contributed by atoms with Gasteiger partial charge in [0.1, 0.15) is 11.6 Å². The molecule has 3 aromatic rings. The van der Waals surface area contributed by atoms with Crippen molar-refractivity contribution in [2.45, 2.75) is 25.7 Å². The third-order valence-electron chi connectivity index (χ3n) is 5.27. The van der Waals surface area contributed by atoms with Crippen LogP contribution in [0.2, 0.25) is 0 Å². The minimum atomic E-state index is -1.15. The minimum Gasteiger partial charge on any atom is -0.508 e. The van der Waals surface area contributed by atoms with Crippen molar-refractivity contribution >= 4 is 16.7 Å². The normalized spacial score (nSPS) is 15.1. The van der Waals surface area contributed by atoms with Crippen molar-refractivity contribution in [3.8, 4) is 16.9 Å². The molecular weight excluding hydrogens is 361 g/mol. The van der Waals surface area contributed by atoms with E-state index in [0.717, 1.165) is 24.0 Å². The highest BCUT2D eigenvalue weighted by molar-refractivity contribution is 6.08. The van der Waals surface area contributed by atoms with E-state index >= 15 is 0 Å². The molecule has 1 aromatic heterocycles. The van der Waals surface area contributed by atoms with Crippen LogP contribution in [0.5, 0.6) is 5.75 Å². The molecule has 0 amide bonds. The predicted molar refractivity (Wildman–Crippen MR) is 103 cm³/mol. The number of carboxylic acid groups (broad SMARTS) is 1. The van der Waals surface area contributed by atoms with Gasteiger partial charge in [-0.1, -0.05) is 6.07 Å². The third kappa shape index (κ3) is 3.20. The Morgan fingerprint density at radius 2 is 1.89 bits per heavy atom. The van der Waals surface area contributed by atoms with E-state index < -0.39 is 5.97 Å². The maximum atomic E-state index is 13.9. The van der Waals surface area contributed by atoms with Gasteiger partial charge in [0.05, 0.1) is 5.69 Å². The van der Waals surface area contributed by atoms with Crippen molar-refractivity contribution in [1.82, 2.24) is 4.98 Å². The zero-order valence-electron chi connectivity index (χ0n) is 15.4. The average Bonchev–Trinajstić information content (AvgIpc) is 2.69. The number of fused-ring (bicyclic) bond motifs is 1. The Balaban J connectivity index is 2.07. The van der Waals surface area contributed by atoms with Crippen LogP contribution in [0, 0.1) is 12.7 Å². The number of aryl methyl sites for hydroxylation is 1. The number of nitrogens with zero attached hydrogens (tertiary/aromatic N) is 1. The van der Waals surface area contributed by atoms with Crippen LogP contribution in [0.15, 0.2) is 36.4 Å². The van der Waals surface area contributed by atoms with Crippen LogP contribution in [-0.4, -0.2) is 34.4 Å². The number of ether oxygens (including phenoxy) is 1. The maximum Gasteiger partial charge on any atom is 0.355 e. The number of hydrogen-bond donors (Lipinski definition) is 2. The summed E-state index contributed by atoms with van der Waals surface area (Å²) < 4.78 is 19.3. The number of rotatable bonds is 3. The smallest absolute Gasteiger partial charge is 0.355 e. The Morgan fingerprint density at radius 3 is 2.57 bits per heavy atom. The first-order valence-corrected chi connectivity index (χ1v) is 9.20. The van der Waals surface area contributed by atoms with Crippen LogP contribution in [0.25, 0.3) is 21.9 Å². The summed E-state index contributed by atoms with van der Waals surface area (Å²) in [7, 11) is 0. The predicted octanol–water partition coefficient (Wildman–Crippen LogP) is 4.65. The fraction of sp³-hybridized carbons (Fsp3) is 0.273. The number of aromatic hydroxyl groups is 1. The van der Waals surface area contributed by atoms with E-state index in [2.05, 4.69) is 4.98 Å². The monoisotopic (exact) mass is 381 g/mol. The maximum absolute atomic E-state index is 13.9. The molecule has 1 aliphatic heterocycles. The zero-order valence-corrected chi connectivity index (χ0v) is 15.4. The lowest BCUT2D eigenvalue weighted by molar-refractivity contribution is 0.0691. The number of carboxylic acids is 1. The number of phenols is 1. The fourth-order valence-corrected chi connectivity index (χ4v) is 3.85. The first-order chi connectivity index (χ1) is 13.5. The van der Waals surface area contributed by atoms with Crippen LogP contribution in [-0.2, 0) is 4.74 Å². The molecular formula is C22H20FNO4. The van der Waals surface area contributed by atoms with Gasteiger partial charge in [0.15, 0.2) is 5.69 Å². The Bertz CT molecular complexity index is 1070. The van der Waals surface area contributed by atoms with Crippen molar-refractivity contribution in [1.29, 1.82) is 0 Å². The van der Waals surface area contributed by atoms with Crippen LogP contribution >= 0.6 is 0 Å². The molecule has 0 aliphatic carbocycles. The average molecular weight is 381 g/mol. The first-order valence-electron chi connectivity index (χ1n) is 9.20. The molecule has 0 saturated carbocycles. The summed E-state index contributed by atoms with van der Waals surface area (Å²) in [5.74, 6) is -1.43.